The maximum absolute atomic E-state index is 12.9. The first kappa shape index (κ1) is 15.9. The summed E-state index contributed by atoms with van der Waals surface area (Å²) in [6.07, 6.45) is -3.50. The molecule has 4 rings (SSSR count). The van der Waals surface area contributed by atoms with Crippen LogP contribution in [0.1, 0.15) is 5.69 Å². The van der Waals surface area contributed by atoms with Gasteiger partial charge in [0.05, 0.1) is 6.54 Å². The van der Waals surface area contributed by atoms with Gasteiger partial charge in [-0.3, -0.25) is 4.98 Å². The molecule has 0 aliphatic carbocycles. The Kier molecular flexibility index (Phi) is 3.46. The molecule has 3 aromatic rings. The van der Waals surface area contributed by atoms with Gasteiger partial charge in [0.1, 0.15) is 18.0 Å². The molecule has 1 aliphatic rings. The summed E-state index contributed by atoms with van der Waals surface area (Å²) < 4.78 is 45.6. The van der Waals surface area contributed by atoms with Crippen molar-refractivity contribution < 1.29 is 17.9 Å². The number of hydrogen-bond donors (Lipinski definition) is 0. The molecule has 130 valence electrons. The van der Waals surface area contributed by atoms with Crippen molar-refractivity contribution in [2.45, 2.75) is 6.18 Å². The van der Waals surface area contributed by atoms with Gasteiger partial charge < -0.3 is 9.64 Å². The predicted molar refractivity (Wildman–Crippen MR) is 82.8 cm³/mol. The van der Waals surface area contributed by atoms with Crippen molar-refractivity contribution in [1.29, 1.82) is 0 Å². The van der Waals surface area contributed by atoms with Crippen LogP contribution in [0, 0.1) is 0 Å². The van der Waals surface area contributed by atoms with Crippen molar-refractivity contribution >= 4 is 22.9 Å². The number of pyridine rings is 1. The zero-order chi connectivity index (χ0) is 17.8. The molecule has 0 N–H and O–H groups in total. The number of alkyl halides is 3. The van der Waals surface area contributed by atoms with E-state index in [1.807, 2.05) is 11.9 Å². The average molecular weight is 371 g/mol. The van der Waals surface area contributed by atoms with E-state index in [4.69, 9.17) is 16.3 Å². The highest BCUT2D eigenvalue weighted by molar-refractivity contribution is 6.32. The van der Waals surface area contributed by atoms with Crippen molar-refractivity contribution in [3.8, 4) is 17.1 Å². The number of anilines is 1. The second-order valence-electron chi connectivity index (χ2n) is 5.43. The SMILES string of the molecule is CN1CCOc2c1c(Cl)nn1c(-c3ccnc(C(F)(F)F)c3)nnc21. The van der Waals surface area contributed by atoms with Gasteiger partial charge in [0.25, 0.3) is 0 Å². The lowest BCUT2D eigenvalue weighted by molar-refractivity contribution is -0.141. The maximum atomic E-state index is 12.9. The quantitative estimate of drug-likeness (QED) is 0.656. The van der Waals surface area contributed by atoms with E-state index in [1.165, 1.54) is 10.6 Å². The highest BCUT2D eigenvalue weighted by Crippen LogP contribution is 2.39. The van der Waals surface area contributed by atoms with Gasteiger partial charge in [0.15, 0.2) is 16.7 Å². The van der Waals surface area contributed by atoms with E-state index >= 15 is 0 Å². The summed E-state index contributed by atoms with van der Waals surface area (Å²) in [6.45, 7) is 1.06. The second kappa shape index (κ2) is 5.45. The summed E-state index contributed by atoms with van der Waals surface area (Å²) in [5, 5.41) is 12.3. The Bertz CT molecular complexity index is 973. The third kappa shape index (κ3) is 2.53. The van der Waals surface area contributed by atoms with E-state index in [0.717, 1.165) is 12.3 Å². The van der Waals surface area contributed by atoms with Crippen molar-refractivity contribution in [2.75, 3.05) is 25.1 Å². The summed E-state index contributed by atoms with van der Waals surface area (Å²) >= 11 is 6.23. The van der Waals surface area contributed by atoms with Crippen LogP contribution in [0.4, 0.5) is 18.9 Å². The minimum atomic E-state index is -4.56. The lowest BCUT2D eigenvalue weighted by Crippen LogP contribution is -2.30. The number of nitrogens with zero attached hydrogens (tertiary/aromatic N) is 6. The molecule has 0 amide bonds. The zero-order valence-electron chi connectivity index (χ0n) is 12.7. The van der Waals surface area contributed by atoms with Crippen molar-refractivity contribution in [2.24, 2.45) is 0 Å². The fraction of sp³-hybridized carbons (Fsp3) is 0.286. The summed E-state index contributed by atoms with van der Waals surface area (Å²) in [7, 11) is 1.83. The Morgan fingerprint density at radius 1 is 1.28 bits per heavy atom. The molecule has 3 aromatic heterocycles. The third-order valence-corrected chi connectivity index (χ3v) is 4.06. The first-order valence-electron chi connectivity index (χ1n) is 7.18. The van der Waals surface area contributed by atoms with Gasteiger partial charge >= 0.3 is 6.18 Å². The molecule has 0 saturated carbocycles. The Morgan fingerprint density at radius 2 is 2.08 bits per heavy atom. The summed E-state index contributed by atoms with van der Waals surface area (Å²) in [4.78, 5) is 5.21. The normalized spacial score (nSPS) is 14.5. The molecule has 0 spiro atoms. The molecule has 0 atom stereocenters. The Morgan fingerprint density at radius 3 is 2.84 bits per heavy atom. The van der Waals surface area contributed by atoms with Gasteiger partial charge in [-0.2, -0.15) is 17.7 Å². The molecule has 4 heterocycles. The molecule has 11 heteroatoms. The van der Waals surface area contributed by atoms with Crippen molar-refractivity contribution in [3.63, 3.8) is 0 Å². The molecule has 0 bridgehead atoms. The van der Waals surface area contributed by atoms with Gasteiger partial charge in [-0.1, -0.05) is 11.6 Å². The number of likely N-dealkylation sites (N-methyl/N-ethyl adjacent to an activating group) is 1. The molecule has 7 nitrogen and oxygen atoms in total. The van der Waals surface area contributed by atoms with Crippen molar-refractivity contribution in [3.05, 3.63) is 29.2 Å². The number of halogens is 4. The molecular weight excluding hydrogens is 361 g/mol. The lowest BCUT2D eigenvalue weighted by Gasteiger charge is -2.27. The Hall–Kier alpha value is -2.62. The molecular formula is C14H10ClF3N6O. The molecule has 0 radical (unpaired) electrons. The minimum absolute atomic E-state index is 0.115. The van der Waals surface area contributed by atoms with E-state index in [0.29, 0.717) is 24.6 Å². The smallest absolute Gasteiger partial charge is 0.433 e. The molecule has 1 aliphatic heterocycles. The van der Waals surface area contributed by atoms with Gasteiger partial charge in [-0.25, -0.2) is 0 Å². The van der Waals surface area contributed by atoms with Crippen LogP contribution in [-0.4, -0.2) is 45.0 Å². The fourth-order valence-corrected chi connectivity index (χ4v) is 2.92. The highest BCUT2D eigenvalue weighted by Gasteiger charge is 2.33. The molecule has 25 heavy (non-hydrogen) atoms. The van der Waals surface area contributed by atoms with Crippen LogP contribution in [0.3, 0.4) is 0 Å². The van der Waals surface area contributed by atoms with Crippen LogP contribution in [0.5, 0.6) is 5.75 Å². The van der Waals surface area contributed by atoms with Crippen LogP contribution >= 0.6 is 11.6 Å². The van der Waals surface area contributed by atoms with Crippen LogP contribution in [0.15, 0.2) is 18.3 Å². The van der Waals surface area contributed by atoms with Gasteiger partial charge in [0, 0.05) is 18.8 Å². The summed E-state index contributed by atoms with van der Waals surface area (Å²) in [6, 6.07) is 2.28. The van der Waals surface area contributed by atoms with E-state index in [-0.39, 0.29) is 22.2 Å². The number of rotatable bonds is 1. The van der Waals surface area contributed by atoms with Crippen LogP contribution in [-0.2, 0) is 6.18 Å². The van der Waals surface area contributed by atoms with Gasteiger partial charge in [0.2, 0.25) is 5.65 Å². The van der Waals surface area contributed by atoms with Crippen LogP contribution in [0.25, 0.3) is 17.0 Å². The second-order valence-corrected chi connectivity index (χ2v) is 5.78. The Labute approximate surface area is 144 Å². The zero-order valence-corrected chi connectivity index (χ0v) is 13.5. The van der Waals surface area contributed by atoms with E-state index in [2.05, 4.69) is 20.3 Å². The molecule has 0 unspecified atom stereocenters. The minimum Gasteiger partial charge on any atom is -0.486 e. The van der Waals surface area contributed by atoms with Crippen LogP contribution < -0.4 is 9.64 Å². The number of aromatic nitrogens is 5. The lowest BCUT2D eigenvalue weighted by atomic mass is 10.2. The maximum Gasteiger partial charge on any atom is 0.433 e. The number of hydrogen-bond acceptors (Lipinski definition) is 6. The standard InChI is InChI=1S/C14H10ClF3N6O/c1-23-4-5-25-10-9(23)11(15)22-24-12(20-21-13(10)24)7-2-3-19-8(6-7)14(16,17)18/h2-3,6H,4-5H2,1H3. The van der Waals surface area contributed by atoms with Crippen molar-refractivity contribution in [1.82, 2.24) is 24.8 Å². The fourth-order valence-electron chi connectivity index (χ4n) is 2.62. The largest absolute Gasteiger partial charge is 0.486 e. The first-order chi connectivity index (χ1) is 11.9. The van der Waals surface area contributed by atoms with E-state index in [9.17, 15) is 13.2 Å². The van der Waals surface area contributed by atoms with Gasteiger partial charge in [-0.15, -0.1) is 15.3 Å². The third-order valence-electron chi connectivity index (χ3n) is 3.81. The van der Waals surface area contributed by atoms with E-state index in [1.54, 1.807) is 0 Å². The molecule has 0 saturated heterocycles. The highest BCUT2D eigenvalue weighted by atomic mass is 35.5. The average Bonchev–Trinajstić information content (AvgIpc) is 2.98. The predicted octanol–water partition coefficient (Wildman–Crippen LogP) is 2.69. The van der Waals surface area contributed by atoms with E-state index < -0.39 is 11.9 Å². The monoisotopic (exact) mass is 370 g/mol. The first-order valence-corrected chi connectivity index (χ1v) is 7.56. The summed E-state index contributed by atoms with van der Waals surface area (Å²) in [5.41, 5.74) is 0.000641. The summed E-state index contributed by atoms with van der Waals surface area (Å²) in [5.74, 6) is 0.516. The molecule has 0 aromatic carbocycles. The number of fused-ring (bicyclic) bond motifs is 3. The molecule has 0 fully saturated rings. The van der Waals surface area contributed by atoms with Crippen LogP contribution in [0.2, 0.25) is 5.15 Å². The topological polar surface area (TPSA) is 68.4 Å². The number of ether oxygens (including phenoxy) is 1. The Balaban J connectivity index is 1.92. The van der Waals surface area contributed by atoms with Gasteiger partial charge in [-0.05, 0) is 12.1 Å².